The van der Waals surface area contributed by atoms with Crippen molar-refractivity contribution in [3.63, 3.8) is 0 Å². The van der Waals surface area contributed by atoms with Gasteiger partial charge < -0.3 is 14.6 Å². The Morgan fingerprint density at radius 3 is 2.45 bits per heavy atom. The third kappa shape index (κ3) is 5.89. The van der Waals surface area contributed by atoms with Gasteiger partial charge in [0.15, 0.2) is 0 Å². The lowest BCUT2D eigenvalue weighted by molar-refractivity contribution is -0.126. The first-order valence-corrected chi connectivity index (χ1v) is 12.4. The molecule has 2 aromatic rings. The van der Waals surface area contributed by atoms with Gasteiger partial charge in [0.1, 0.15) is 5.75 Å². The maximum Gasteiger partial charge on any atom is 0.243 e. The largest absolute Gasteiger partial charge is 0.494 e. The van der Waals surface area contributed by atoms with Gasteiger partial charge in [-0.05, 0) is 75.9 Å². The highest BCUT2D eigenvalue weighted by atomic mass is 32.2. The Hall–Kier alpha value is -2.32. The number of amides is 1. The summed E-state index contributed by atoms with van der Waals surface area (Å²) in [6, 6.07) is 10.7. The monoisotopic (exact) mass is 447 g/mol. The Morgan fingerprint density at radius 2 is 1.87 bits per heavy atom. The van der Waals surface area contributed by atoms with Gasteiger partial charge in [-0.15, -0.1) is 0 Å². The van der Waals surface area contributed by atoms with Gasteiger partial charge in [-0.3, -0.25) is 4.79 Å². The number of aryl methyl sites for hydroxylation is 2. The van der Waals surface area contributed by atoms with Crippen LogP contribution in [0.5, 0.6) is 5.75 Å². The predicted molar refractivity (Wildman–Crippen MR) is 120 cm³/mol. The second-order valence-corrected chi connectivity index (χ2v) is 10.1. The third-order valence-corrected chi connectivity index (χ3v) is 7.78. The number of rotatable bonds is 9. The van der Waals surface area contributed by atoms with Crippen molar-refractivity contribution in [3.8, 4) is 5.75 Å². The standard InChI is InChI=1S/C23H33N3O4S/c1-4-30-21-9-11-22(12-10-21)31(28,29)26-16-13-19(14-17-26)23(27)24-18(2)7-8-20-6-5-15-25(20)3/h5-6,9-12,15,18-19H,4,7-8,13-14,16-17H2,1-3H3,(H,24,27)/t18-/m1/s1. The first kappa shape index (κ1) is 23.3. The van der Waals surface area contributed by atoms with E-state index in [0.29, 0.717) is 38.3 Å². The Kier molecular flexibility index (Phi) is 7.78. The zero-order chi connectivity index (χ0) is 22.4. The van der Waals surface area contributed by atoms with E-state index in [-0.39, 0.29) is 22.8 Å². The highest BCUT2D eigenvalue weighted by Crippen LogP contribution is 2.25. The molecule has 0 aliphatic carbocycles. The molecule has 3 rings (SSSR count). The molecule has 1 aliphatic heterocycles. The van der Waals surface area contributed by atoms with E-state index in [1.807, 2.05) is 33.2 Å². The predicted octanol–water partition coefficient (Wildman–Crippen LogP) is 2.96. The third-order valence-electron chi connectivity index (χ3n) is 5.87. The van der Waals surface area contributed by atoms with Crippen LogP contribution in [0, 0.1) is 5.92 Å². The van der Waals surface area contributed by atoms with E-state index in [2.05, 4.69) is 16.0 Å². The number of nitrogens with one attached hydrogen (secondary N) is 1. The van der Waals surface area contributed by atoms with Gasteiger partial charge in [-0.2, -0.15) is 4.31 Å². The first-order chi connectivity index (χ1) is 14.8. The molecule has 170 valence electrons. The van der Waals surface area contributed by atoms with Crippen molar-refractivity contribution in [2.45, 2.75) is 50.5 Å². The number of hydrogen-bond donors (Lipinski definition) is 1. The number of piperidine rings is 1. The number of benzene rings is 1. The Balaban J connectivity index is 1.48. The molecule has 31 heavy (non-hydrogen) atoms. The van der Waals surface area contributed by atoms with Gasteiger partial charge in [0.05, 0.1) is 11.5 Å². The van der Waals surface area contributed by atoms with Gasteiger partial charge in [0.25, 0.3) is 0 Å². The molecule has 0 unspecified atom stereocenters. The average molecular weight is 448 g/mol. The summed E-state index contributed by atoms with van der Waals surface area (Å²) in [4.78, 5) is 12.9. The van der Waals surface area contributed by atoms with Crippen molar-refractivity contribution >= 4 is 15.9 Å². The molecule has 1 saturated heterocycles. The highest BCUT2D eigenvalue weighted by Gasteiger charge is 2.32. The number of hydrogen-bond acceptors (Lipinski definition) is 4. The molecule has 2 heterocycles. The molecule has 0 spiro atoms. The summed E-state index contributed by atoms with van der Waals surface area (Å²) in [6.07, 6.45) is 4.87. The summed E-state index contributed by atoms with van der Waals surface area (Å²) in [6.45, 7) is 5.14. The van der Waals surface area contributed by atoms with Crippen LogP contribution in [0.25, 0.3) is 0 Å². The number of sulfonamides is 1. The molecule has 0 radical (unpaired) electrons. The summed E-state index contributed by atoms with van der Waals surface area (Å²) in [5.41, 5.74) is 1.24. The summed E-state index contributed by atoms with van der Waals surface area (Å²) in [5, 5.41) is 3.10. The van der Waals surface area contributed by atoms with E-state index in [1.165, 1.54) is 10.00 Å². The molecule has 1 N–H and O–H groups in total. The lowest BCUT2D eigenvalue weighted by Crippen LogP contribution is -2.44. The van der Waals surface area contributed by atoms with E-state index in [1.54, 1.807) is 24.3 Å². The summed E-state index contributed by atoms with van der Waals surface area (Å²) < 4.78 is 34.8. The van der Waals surface area contributed by atoms with E-state index in [9.17, 15) is 13.2 Å². The lowest BCUT2D eigenvalue weighted by Gasteiger charge is -2.31. The molecular formula is C23H33N3O4S. The van der Waals surface area contributed by atoms with Gasteiger partial charge in [-0.1, -0.05) is 0 Å². The maximum absolute atomic E-state index is 12.9. The minimum atomic E-state index is -3.56. The zero-order valence-corrected chi connectivity index (χ0v) is 19.4. The van der Waals surface area contributed by atoms with Gasteiger partial charge in [0.2, 0.25) is 15.9 Å². The van der Waals surface area contributed by atoms with Crippen molar-refractivity contribution in [2.75, 3.05) is 19.7 Å². The van der Waals surface area contributed by atoms with Crippen molar-refractivity contribution in [1.29, 1.82) is 0 Å². The number of aromatic nitrogens is 1. The molecule has 0 bridgehead atoms. The van der Waals surface area contributed by atoms with Crippen molar-refractivity contribution in [1.82, 2.24) is 14.2 Å². The fraction of sp³-hybridized carbons (Fsp3) is 0.522. The van der Waals surface area contributed by atoms with E-state index in [0.717, 1.165) is 12.8 Å². The minimum absolute atomic E-state index is 0.0255. The van der Waals surface area contributed by atoms with Crippen LogP contribution in [0.1, 0.15) is 38.8 Å². The second-order valence-electron chi connectivity index (χ2n) is 8.14. The Labute approximate surface area is 185 Å². The van der Waals surface area contributed by atoms with E-state index >= 15 is 0 Å². The van der Waals surface area contributed by atoms with Crippen LogP contribution in [-0.2, 0) is 28.3 Å². The van der Waals surface area contributed by atoms with Crippen LogP contribution in [-0.4, -0.2) is 48.9 Å². The van der Waals surface area contributed by atoms with Crippen LogP contribution in [0.3, 0.4) is 0 Å². The number of carbonyl (C=O) groups excluding carboxylic acids is 1. The smallest absolute Gasteiger partial charge is 0.243 e. The van der Waals surface area contributed by atoms with Crippen molar-refractivity contribution in [3.05, 3.63) is 48.3 Å². The topological polar surface area (TPSA) is 80.6 Å². The number of carbonyl (C=O) groups is 1. The molecule has 0 saturated carbocycles. The molecule has 1 atom stereocenters. The zero-order valence-electron chi connectivity index (χ0n) is 18.6. The van der Waals surface area contributed by atoms with Crippen LogP contribution >= 0.6 is 0 Å². The molecule has 1 aromatic carbocycles. The Bertz CT molecular complexity index is 961. The summed E-state index contributed by atoms with van der Waals surface area (Å²) >= 11 is 0. The van der Waals surface area contributed by atoms with Crippen molar-refractivity contribution in [2.24, 2.45) is 13.0 Å². The molecular weight excluding hydrogens is 414 g/mol. The normalized spacial score (nSPS) is 16.7. The van der Waals surface area contributed by atoms with Crippen molar-refractivity contribution < 1.29 is 17.9 Å². The van der Waals surface area contributed by atoms with Crippen LogP contribution in [0.2, 0.25) is 0 Å². The minimum Gasteiger partial charge on any atom is -0.494 e. The molecule has 1 amide bonds. The van der Waals surface area contributed by atoms with E-state index in [4.69, 9.17) is 4.74 Å². The maximum atomic E-state index is 12.9. The molecule has 1 aliphatic rings. The quantitative estimate of drug-likeness (QED) is 0.641. The number of nitrogens with zero attached hydrogens (tertiary/aromatic N) is 2. The van der Waals surface area contributed by atoms with Crippen LogP contribution < -0.4 is 10.1 Å². The van der Waals surface area contributed by atoms with E-state index < -0.39 is 10.0 Å². The van der Waals surface area contributed by atoms with Crippen LogP contribution in [0.15, 0.2) is 47.5 Å². The Morgan fingerprint density at radius 1 is 1.19 bits per heavy atom. The SMILES string of the molecule is CCOc1ccc(S(=O)(=O)N2CCC(C(=O)N[C@H](C)CCc3cccn3C)CC2)cc1. The molecule has 1 fully saturated rings. The molecule has 7 nitrogen and oxygen atoms in total. The van der Waals surface area contributed by atoms with Crippen LogP contribution in [0.4, 0.5) is 0 Å². The molecule has 8 heteroatoms. The fourth-order valence-corrected chi connectivity index (χ4v) is 5.41. The second kappa shape index (κ2) is 10.3. The molecule has 1 aromatic heterocycles. The van der Waals surface area contributed by atoms with Gasteiger partial charge >= 0.3 is 0 Å². The average Bonchev–Trinajstić information content (AvgIpc) is 3.17. The van der Waals surface area contributed by atoms with Gasteiger partial charge in [0, 0.05) is 44.0 Å². The summed E-state index contributed by atoms with van der Waals surface area (Å²) in [5.74, 6) is 0.528. The lowest BCUT2D eigenvalue weighted by atomic mass is 9.96. The summed E-state index contributed by atoms with van der Waals surface area (Å²) in [7, 11) is -1.54. The first-order valence-electron chi connectivity index (χ1n) is 10.9. The fourth-order valence-electron chi connectivity index (χ4n) is 3.94. The van der Waals surface area contributed by atoms with Gasteiger partial charge in [-0.25, -0.2) is 8.42 Å². The highest BCUT2D eigenvalue weighted by molar-refractivity contribution is 7.89. The number of ether oxygens (including phenoxy) is 1.